The number of hydrogen-bond donors (Lipinski definition) is 2. The molecule has 0 radical (unpaired) electrons. The standard InChI is InChI=1S/C19H20FNO5/c1-11(2)26-17-10-14(25-3)6-7-15(17)19(24)21-13-5-4-12(8-18(22)23)16(20)9-13/h4-7,9-11H,8H2,1-3H3,(H,21,24)(H,22,23). The van der Waals surface area contributed by atoms with E-state index < -0.39 is 24.1 Å². The third-order valence-corrected chi connectivity index (χ3v) is 3.45. The molecule has 0 fully saturated rings. The smallest absolute Gasteiger partial charge is 0.307 e. The predicted molar refractivity (Wildman–Crippen MR) is 94.5 cm³/mol. The van der Waals surface area contributed by atoms with E-state index in [1.54, 1.807) is 18.2 Å². The van der Waals surface area contributed by atoms with Gasteiger partial charge in [-0.3, -0.25) is 9.59 Å². The summed E-state index contributed by atoms with van der Waals surface area (Å²) in [5.74, 6) is -1.41. The van der Waals surface area contributed by atoms with Crippen molar-refractivity contribution < 1.29 is 28.6 Å². The second-order valence-corrected chi connectivity index (χ2v) is 5.86. The van der Waals surface area contributed by atoms with Crippen molar-refractivity contribution in [2.75, 3.05) is 12.4 Å². The van der Waals surface area contributed by atoms with Gasteiger partial charge >= 0.3 is 5.97 Å². The van der Waals surface area contributed by atoms with Gasteiger partial charge in [0.15, 0.2) is 0 Å². The van der Waals surface area contributed by atoms with Gasteiger partial charge in [0.25, 0.3) is 5.91 Å². The van der Waals surface area contributed by atoms with Crippen LogP contribution in [0, 0.1) is 5.82 Å². The van der Waals surface area contributed by atoms with Crippen LogP contribution in [0.2, 0.25) is 0 Å². The lowest BCUT2D eigenvalue weighted by atomic mass is 10.1. The number of carbonyl (C=O) groups is 2. The molecule has 0 bridgehead atoms. The van der Waals surface area contributed by atoms with Crippen LogP contribution in [0.25, 0.3) is 0 Å². The molecule has 0 unspecified atom stereocenters. The first-order valence-corrected chi connectivity index (χ1v) is 7.96. The molecule has 7 heteroatoms. The maximum absolute atomic E-state index is 14.0. The molecule has 0 saturated heterocycles. The number of amides is 1. The zero-order valence-corrected chi connectivity index (χ0v) is 14.7. The number of hydrogen-bond acceptors (Lipinski definition) is 4. The SMILES string of the molecule is COc1ccc(C(=O)Nc2ccc(CC(=O)O)c(F)c2)c(OC(C)C)c1. The van der Waals surface area contributed by atoms with Crippen LogP contribution in [-0.2, 0) is 11.2 Å². The summed E-state index contributed by atoms with van der Waals surface area (Å²) in [6, 6.07) is 8.65. The Morgan fingerprint density at radius 2 is 1.92 bits per heavy atom. The van der Waals surface area contributed by atoms with Crippen LogP contribution in [0.3, 0.4) is 0 Å². The highest BCUT2D eigenvalue weighted by Crippen LogP contribution is 2.27. The Morgan fingerprint density at radius 3 is 2.50 bits per heavy atom. The first kappa shape index (κ1) is 19.2. The second kappa shape index (κ2) is 8.33. The molecule has 0 aliphatic rings. The Hall–Kier alpha value is -3.09. The average molecular weight is 361 g/mol. The van der Waals surface area contributed by atoms with E-state index >= 15 is 0 Å². The van der Waals surface area contributed by atoms with Gasteiger partial charge < -0.3 is 19.9 Å². The molecule has 26 heavy (non-hydrogen) atoms. The molecule has 0 aliphatic heterocycles. The molecule has 0 aliphatic carbocycles. The van der Waals surface area contributed by atoms with E-state index in [1.165, 1.54) is 19.2 Å². The summed E-state index contributed by atoms with van der Waals surface area (Å²) in [7, 11) is 1.51. The Labute approximate surface area is 150 Å². The molecule has 0 aromatic heterocycles. The molecule has 2 aromatic carbocycles. The number of aliphatic carboxylic acids is 1. The predicted octanol–water partition coefficient (Wildman–Crippen LogP) is 3.50. The lowest BCUT2D eigenvalue weighted by molar-refractivity contribution is -0.136. The van der Waals surface area contributed by atoms with E-state index in [0.29, 0.717) is 11.5 Å². The van der Waals surface area contributed by atoms with Crippen LogP contribution in [0.1, 0.15) is 29.8 Å². The summed E-state index contributed by atoms with van der Waals surface area (Å²) in [6.07, 6.45) is -0.577. The van der Waals surface area contributed by atoms with Crippen molar-refractivity contribution in [1.29, 1.82) is 0 Å². The van der Waals surface area contributed by atoms with Crippen molar-refractivity contribution in [3.8, 4) is 11.5 Å². The highest BCUT2D eigenvalue weighted by Gasteiger charge is 2.16. The lowest BCUT2D eigenvalue weighted by Gasteiger charge is -2.15. The molecule has 2 N–H and O–H groups in total. The molecule has 0 heterocycles. The Kier molecular flexibility index (Phi) is 6.16. The maximum atomic E-state index is 14.0. The Morgan fingerprint density at radius 1 is 1.19 bits per heavy atom. The minimum atomic E-state index is -1.13. The summed E-state index contributed by atoms with van der Waals surface area (Å²) in [5, 5.41) is 11.3. The van der Waals surface area contributed by atoms with Crippen LogP contribution < -0.4 is 14.8 Å². The molecule has 0 spiro atoms. The van der Waals surface area contributed by atoms with Crippen LogP contribution in [0.15, 0.2) is 36.4 Å². The fourth-order valence-electron chi connectivity index (χ4n) is 2.30. The van der Waals surface area contributed by atoms with E-state index in [9.17, 15) is 14.0 Å². The Balaban J connectivity index is 2.24. The zero-order chi connectivity index (χ0) is 19.3. The quantitative estimate of drug-likeness (QED) is 0.788. The van der Waals surface area contributed by atoms with E-state index in [4.69, 9.17) is 14.6 Å². The lowest BCUT2D eigenvalue weighted by Crippen LogP contribution is -2.16. The van der Waals surface area contributed by atoms with Gasteiger partial charge in [0.2, 0.25) is 0 Å². The fraction of sp³-hybridized carbons (Fsp3) is 0.263. The summed E-state index contributed by atoms with van der Waals surface area (Å²) < 4.78 is 24.8. The van der Waals surface area contributed by atoms with Crippen molar-refractivity contribution in [3.63, 3.8) is 0 Å². The van der Waals surface area contributed by atoms with Gasteiger partial charge in [0.05, 0.1) is 25.2 Å². The summed E-state index contributed by atoms with van der Waals surface area (Å²) in [4.78, 5) is 23.2. The minimum Gasteiger partial charge on any atom is -0.497 e. The van der Waals surface area contributed by atoms with Gasteiger partial charge in [-0.15, -0.1) is 0 Å². The molecule has 138 valence electrons. The average Bonchev–Trinajstić information content (AvgIpc) is 2.56. The van der Waals surface area contributed by atoms with Crippen molar-refractivity contribution in [1.82, 2.24) is 0 Å². The van der Waals surface area contributed by atoms with Crippen molar-refractivity contribution >= 4 is 17.6 Å². The third kappa shape index (κ3) is 4.95. The molecule has 2 aromatic rings. The number of nitrogens with one attached hydrogen (secondary N) is 1. The first-order chi connectivity index (χ1) is 12.3. The minimum absolute atomic E-state index is 0.0452. The first-order valence-electron chi connectivity index (χ1n) is 7.96. The van der Waals surface area contributed by atoms with Crippen LogP contribution in [0.4, 0.5) is 10.1 Å². The molecule has 1 amide bonds. The van der Waals surface area contributed by atoms with E-state index in [1.807, 2.05) is 13.8 Å². The molecule has 0 atom stereocenters. The van der Waals surface area contributed by atoms with Gasteiger partial charge in [0, 0.05) is 11.8 Å². The highest BCUT2D eigenvalue weighted by molar-refractivity contribution is 6.06. The summed E-state index contributed by atoms with van der Waals surface area (Å²) in [5.41, 5.74) is 0.534. The highest BCUT2D eigenvalue weighted by atomic mass is 19.1. The number of rotatable bonds is 7. The van der Waals surface area contributed by atoms with E-state index in [0.717, 1.165) is 6.07 Å². The number of carbonyl (C=O) groups excluding carboxylic acids is 1. The molecular weight excluding hydrogens is 341 g/mol. The zero-order valence-electron chi connectivity index (χ0n) is 14.7. The third-order valence-electron chi connectivity index (χ3n) is 3.45. The van der Waals surface area contributed by atoms with Gasteiger partial charge in [-0.1, -0.05) is 6.07 Å². The monoisotopic (exact) mass is 361 g/mol. The van der Waals surface area contributed by atoms with Gasteiger partial charge in [-0.25, -0.2) is 4.39 Å². The van der Waals surface area contributed by atoms with Crippen molar-refractivity contribution in [2.24, 2.45) is 0 Å². The van der Waals surface area contributed by atoms with Gasteiger partial charge in [-0.2, -0.15) is 0 Å². The summed E-state index contributed by atoms with van der Waals surface area (Å²) >= 11 is 0. The van der Waals surface area contributed by atoms with Gasteiger partial charge in [0.1, 0.15) is 17.3 Å². The number of carboxylic acid groups (broad SMARTS) is 1. The number of methoxy groups -OCH3 is 1. The maximum Gasteiger partial charge on any atom is 0.307 e. The van der Waals surface area contributed by atoms with Crippen LogP contribution in [0.5, 0.6) is 11.5 Å². The van der Waals surface area contributed by atoms with Crippen LogP contribution in [-0.4, -0.2) is 30.2 Å². The number of anilines is 1. The topological polar surface area (TPSA) is 84.9 Å². The second-order valence-electron chi connectivity index (χ2n) is 5.86. The molecular formula is C19H20FNO5. The number of ether oxygens (including phenoxy) is 2. The van der Waals surface area contributed by atoms with E-state index in [-0.39, 0.29) is 22.9 Å². The molecule has 0 saturated carbocycles. The summed E-state index contributed by atoms with van der Waals surface area (Å²) in [6.45, 7) is 3.66. The Bertz CT molecular complexity index is 820. The largest absolute Gasteiger partial charge is 0.497 e. The van der Waals surface area contributed by atoms with Crippen LogP contribution >= 0.6 is 0 Å². The number of halogens is 1. The van der Waals surface area contributed by atoms with Gasteiger partial charge in [-0.05, 0) is 43.7 Å². The molecule has 2 rings (SSSR count). The number of benzene rings is 2. The van der Waals surface area contributed by atoms with E-state index in [2.05, 4.69) is 5.32 Å². The normalized spacial score (nSPS) is 10.5. The fourth-order valence-corrected chi connectivity index (χ4v) is 2.30. The van der Waals surface area contributed by atoms with Crippen molar-refractivity contribution in [2.45, 2.75) is 26.4 Å². The number of carboxylic acids is 1. The van der Waals surface area contributed by atoms with Crippen molar-refractivity contribution in [3.05, 3.63) is 53.3 Å². The molecule has 6 nitrogen and oxygen atoms in total.